The van der Waals surface area contributed by atoms with E-state index in [2.05, 4.69) is 47.0 Å². The first-order chi connectivity index (χ1) is 25.2. The molecule has 6 nitrogen and oxygen atoms in total. The molecule has 0 spiro atoms. The average molecular weight is 779 g/mol. The van der Waals surface area contributed by atoms with Crippen molar-refractivity contribution in [3.05, 3.63) is 139 Å². The molecule has 4 aromatic rings. The van der Waals surface area contributed by atoms with Crippen LogP contribution in [0.3, 0.4) is 0 Å². The lowest BCUT2D eigenvalue weighted by Gasteiger charge is -2.40. The Hall–Kier alpha value is -3.68. The Morgan fingerprint density at radius 2 is 1.06 bits per heavy atom. The summed E-state index contributed by atoms with van der Waals surface area (Å²) in [6, 6.07) is 27.6. The van der Waals surface area contributed by atoms with Gasteiger partial charge in [-0.1, -0.05) is 95.0 Å². The standard InChI is InChI=1S/C21H21Cl2NO2.C21H19Cl2NO2/c2*1-26-14-6-7-15(19(23)10-14)16-8-9-17-18(11-24-21(17)25)20(16)12-2-4-13(22)5-3-12/h2-7,10,16-18,20H,8-9,11H2,1H3,(H,24,25);2-10,16-18,20H,11H2,1H3,(H,24,25)/t2*16-,17+,18+,20-/m00/s1. The number of carbonyl (C=O) groups excluding carboxylic acids is 2. The monoisotopic (exact) mass is 776 g/mol. The molecule has 4 aliphatic rings. The molecule has 4 aromatic carbocycles. The topological polar surface area (TPSA) is 76.7 Å². The Bertz CT molecular complexity index is 1970. The number of rotatable bonds is 6. The zero-order valence-electron chi connectivity index (χ0n) is 28.8. The number of methoxy groups -OCH3 is 2. The molecule has 8 atom stereocenters. The molecule has 2 saturated heterocycles. The second-order valence-corrected chi connectivity index (χ2v) is 15.7. The van der Waals surface area contributed by atoms with Crippen LogP contribution in [0.4, 0.5) is 0 Å². The SMILES string of the molecule is COc1ccc([C@@H]2C=C[C@H]3C(=O)NC[C@H]3[C@H]2c2ccc(Cl)cc2)c(Cl)c1.COc1ccc([C@@H]2CC[C@H]3C(=O)NC[C@H]3[C@H]2c2ccc(Cl)cc2)c(Cl)c1. The molecule has 52 heavy (non-hydrogen) atoms. The van der Waals surface area contributed by atoms with Crippen molar-refractivity contribution in [1.82, 2.24) is 10.6 Å². The molecule has 10 heteroatoms. The van der Waals surface area contributed by atoms with Crippen molar-refractivity contribution in [3.63, 3.8) is 0 Å². The van der Waals surface area contributed by atoms with Gasteiger partial charge in [0.1, 0.15) is 11.5 Å². The third-order valence-electron chi connectivity index (χ3n) is 11.4. The number of fused-ring (bicyclic) bond motifs is 2. The van der Waals surface area contributed by atoms with Gasteiger partial charge in [0.05, 0.1) is 20.1 Å². The van der Waals surface area contributed by atoms with Gasteiger partial charge < -0.3 is 20.1 Å². The first kappa shape index (κ1) is 36.7. The largest absolute Gasteiger partial charge is 0.497 e. The average Bonchev–Trinajstić information content (AvgIpc) is 3.73. The summed E-state index contributed by atoms with van der Waals surface area (Å²) in [5, 5.41) is 8.90. The number of hydrogen-bond donors (Lipinski definition) is 2. The van der Waals surface area contributed by atoms with E-state index in [1.54, 1.807) is 14.2 Å². The summed E-state index contributed by atoms with van der Waals surface area (Å²) in [6.45, 7) is 1.40. The maximum Gasteiger partial charge on any atom is 0.227 e. The van der Waals surface area contributed by atoms with Crippen molar-refractivity contribution in [2.45, 2.75) is 36.5 Å². The number of benzene rings is 4. The summed E-state index contributed by atoms with van der Waals surface area (Å²) < 4.78 is 10.6. The van der Waals surface area contributed by atoms with Crippen LogP contribution in [0.2, 0.25) is 20.1 Å². The molecule has 3 fully saturated rings. The molecule has 0 radical (unpaired) electrons. The molecular formula is C42H40Cl4N2O4. The van der Waals surface area contributed by atoms with Crippen molar-refractivity contribution in [1.29, 1.82) is 0 Å². The lowest BCUT2D eigenvalue weighted by molar-refractivity contribution is -0.124. The molecule has 0 unspecified atom stereocenters. The Kier molecular flexibility index (Phi) is 11.1. The Labute approximate surface area is 324 Å². The minimum absolute atomic E-state index is 0.0866. The third-order valence-corrected chi connectivity index (χ3v) is 12.5. The van der Waals surface area contributed by atoms with E-state index in [9.17, 15) is 9.59 Å². The quantitative estimate of drug-likeness (QED) is 0.191. The van der Waals surface area contributed by atoms with Crippen LogP contribution < -0.4 is 20.1 Å². The molecule has 2 heterocycles. The highest BCUT2D eigenvalue weighted by atomic mass is 35.5. The first-order valence-electron chi connectivity index (χ1n) is 17.6. The predicted octanol–water partition coefficient (Wildman–Crippen LogP) is 9.83. The minimum Gasteiger partial charge on any atom is -0.497 e. The predicted molar refractivity (Wildman–Crippen MR) is 208 cm³/mol. The van der Waals surface area contributed by atoms with Gasteiger partial charge in [-0.05, 0) is 113 Å². The molecule has 0 bridgehead atoms. The number of halogens is 4. The summed E-state index contributed by atoms with van der Waals surface area (Å²) in [7, 11) is 3.27. The van der Waals surface area contributed by atoms with E-state index in [-0.39, 0.29) is 59.2 Å². The summed E-state index contributed by atoms with van der Waals surface area (Å²) in [4.78, 5) is 24.5. The van der Waals surface area contributed by atoms with Crippen LogP contribution in [0.15, 0.2) is 97.1 Å². The van der Waals surface area contributed by atoms with Crippen molar-refractivity contribution in [3.8, 4) is 11.5 Å². The van der Waals surface area contributed by atoms with Crippen molar-refractivity contribution >= 4 is 58.2 Å². The van der Waals surface area contributed by atoms with Crippen molar-refractivity contribution in [2.75, 3.05) is 27.3 Å². The zero-order valence-corrected chi connectivity index (χ0v) is 31.9. The fraction of sp³-hybridized carbons (Fsp3) is 0.333. The number of nitrogens with one attached hydrogen (secondary N) is 2. The second kappa shape index (κ2) is 15.7. The highest BCUT2D eigenvalue weighted by Gasteiger charge is 2.47. The normalized spacial score (nSPS) is 27.4. The molecular weight excluding hydrogens is 738 g/mol. The maximum atomic E-state index is 12.3. The second-order valence-electron chi connectivity index (χ2n) is 14.0. The van der Waals surface area contributed by atoms with E-state index in [0.29, 0.717) is 16.6 Å². The highest BCUT2D eigenvalue weighted by molar-refractivity contribution is 6.32. The van der Waals surface area contributed by atoms with Gasteiger partial charge in [-0.25, -0.2) is 0 Å². The van der Waals surface area contributed by atoms with Gasteiger partial charge in [0.2, 0.25) is 11.8 Å². The lowest BCUT2D eigenvalue weighted by atomic mass is 9.63. The van der Waals surface area contributed by atoms with Crippen LogP contribution in [-0.2, 0) is 9.59 Å². The first-order valence-corrected chi connectivity index (χ1v) is 19.1. The molecule has 0 aromatic heterocycles. The van der Waals surface area contributed by atoms with Crippen LogP contribution in [0.1, 0.15) is 58.8 Å². The molecule has 2 aliphatic carbocycles. The van der Waals surface area contributed by atoms with Gasteiger partial charge in [-0.3, -0.25) is 9.59 Å². The van der Waals surface area contributed by atoms with E-state index in [0.717, 1.165) is 52.1 Å². The van der Waals surface area contributed by atoms with E-state index >= 15 is 0 Å². The number of carbonyl (C=O) groups is 2. The Balaban J connectivity index is 0.000000162. The smallest absolute Gasteiger partial charge is 0.227 e. The minimum atomic E-state index is -0.0936. The number of allylic oxidation sites excluding steroid dienone is 1. The van der Waals surface area contributed by atoms with Crippen LogP contribution in [0.25, 0.3) is 0 Å². The van der Waals surface area contributed by atoms with E-state index in [1.807, 2.05) is 60.7 Å². The van der Waals surface area contributed by atoms with Gasteiger partial charge in [0, 0.05) is 45.0 Å². The molecule has 1 saturated carbocycles. The van der Waals surface area contributed by atoms with Crippen LogP contribution in [0.5, 0.6) is 11.5 Å². The van der Waals surface area contributed by atoms with Crippen molar-refractivity contribution in [2.24, 2.45) is 23.7 Å². The van der Waals surface area contributed by atoms with Crippen LogP contribution in [-0.4, -0.2) is 39.1 Å². The summed E-state index contributed by atoms with van der Waals surface area (Å²) in [6.07, 6.45) is 5.99. The summed E-state index contributed by atoms with van der Waals surface area (Å²) >= 11 is 25.4. The van der Waals surface area contributed by atoms with Crippen LogP contribution in [0, 0.1) is 23.7 Å². The molecule has 2 amide bonds. The highest BCUT2D eigenvalue weighted by Crippen LogP contribution is 2.53. The third kappa shape index (κ3) is 7.28. The lowest BCUT2D eigenvalue weighted by Crippen LogP contribution is -2.32. The van der Waals surface area contributed by atoms with Gasteiger partial charge in [-0.15, -0.1) is 0 Å². The summed E-state index contributed by atoms with van der Waals surface area (Å²) in [5.41, 5.74) is 4.56. The van der Waals surface area contributed by atoms with E-state index in [1.165, 1.54) is 11.1 Å². The van der Waals surface area contributed by atoms with Gasteiger partial charge in [0.25, 0.3) is 0 Å². The van der Waals surface area contributed by atoms with Gasteiger partial charge in [-0.2, -0.15) is 0 Å². The zero-order chi connectivity index (χ0) is 36.5. The molecule has 8 rings (SSSR count). The van der Waals surface area contributed by atoms with Gasteiger partial charge >= 0.3 is 0 Å². The Morgan fingerprint density at radius 1 is 0.558 bits per heavy atom. The fourth-order valence-electron chi connectivity index (χ4n) is 8.90. The van der Waals surface area contributed by atoms with E-state index < -0.39 is 0 Å². The fourth-order valence-corrected chi connectivity index (χ4v) is 9.76. The number of ether oxygens (including phenoxy) is 2. The van der Waals surface area contributed by atoms with E-state index in [4.69, 9.17) is 55.9 Å². The molecule has 270 valence electrons. The van der Waals surface area contributed by atoms with Gasteiger partial charge in [0.15, 0.2) is 0 Å². The number of hydrogen-bond acceptors (Lipinski definition) is 4. The van der Waals surface area contributed by atoms with Crippen LogP contribution >= 0.6 is 46.4 Å². The number of amides is 2. The molecule has 2 aliphatic heterocycles. The van der Waals surface area contributed by atoms with Crippen molar-refractivity contribution < 1.29 is 19.1 Å². The summed E-state index contributed by atoms with van der Waals surface area (Å²) in [5.74, 6) is 2.98. The Morgan fingerprint density at radius 3 is 1.63 bits per heavy atom. The molecule has 2 N–H and O–H groups in total. The maximum absolute atomic E-state index is 12.3.